The van der Waals surface area contributed by atoms with E-state index in [0.717, 1.165) is 5.56 Å². The van der Waals surface area contributed by atoms with Gasteiger partial charge in [0, 0.05) is 29.9 Å². The molecule has 2 saturated heterocycles. The smallest absolute Gasteiger partial charge is 0.401 e. The Bertz CT molecular complexity index is 719. The van der Waals surface area contributed by atoms with E-state index in [0.29, 0.717) is 30.7 Å². The number of fused-ring (bicyclic) bond motifs is 2. The maximum atomic E-state index is 13.0. The Labute approximate surface area is 168 Å². The van der Waals surface area contributed by atoms with Crippen LogP contribution >= 0.6 is 11.6 Å². The van der Waals surface area contributed by atoms with E-state index in [4.69, 9.17) is 16.3 Å². The Morgan fingerprint density at radius 3 is 2.36 bits per heavy atom. The average Bonchev–Trinajstić information content (AvgIpc) is 2.80. The number of alkyl halides is 3. The first-order chi connectivity index (χ1) is 12.9. The van der Waals surface area contributed by atoms with Crippen molar-refractivity contribution in [2.24, 2.45) is 5.41 Å². The second-order valence-electron chi connectivity index (χ2n) is 9.08. The summed E-state index contributed by atoms with van der Waals surface area (Å²) in [5, 5.41) is 0.462. The van der Waals surface area contributed by atoms with Gasteiger partial charge < -0.3 is 4.74 Å². The van der Waals surface area contributed by atoms with E-state index in [2.05, 4.69) is 4.98 Å². The number of pyridine rings is 1. The molecule has 156 valence electrons. The average molecular weight is 419 g/mol. The fourth-order valence-corrected chi connectivity index (χ4v) is 4.64. The van der Waals surface area contributed by atoms with E-state index in [1.807, 2.05) is 0 Å². The van der Waals surface area contributed by atoms with Crippen LogP contribution in [0.3, 0.4) is 0 Å². The molecule has 2 bridgehead atoms. The number of aromatic nitrogens is 1. The summed E-state index contributed by atoms with van der Waals surface area (Å²) in [4.78, 5) is 18.1. The molecule has 1 aromatic heterocycles. The van der Waals surface area contributed by atoms with Crippen molar-refractivity contribution in [1.82, 2.24) is 9.88 Å². The van der Waals surface area contributed by atoms with Gasteiger partial charge in [0.15, 0.2) is 0 Å². The van der Waals surface area contributed by atoms with Gasteiger partial charge >= 0.3 is 12.1 Å². The zero-order valence-electron chi connectivity index (χ0n) is 16.4. The minimum Gasteiger partial charge on any atom is -0.464 e. The number of carbonyl (C=O) groups excluding carboxylic acids is 1. The number of ether oxygens (including phenoxy) is 1. The van der Waals surface area contributed by atoms with E-state index in [1.165, 1.54) is 6.20 Å². The van der Waals surface area contributed by atoms with E-state index < -0.39 is 23.6 Å². The molecule has 0 spiro atoms. The molecule has 3 heterocycles. The predicted octanol–water partition coefficient (Wildman–Crippen LogP) is 4.75. The van der Waals surface area contributed by atoms with Gasteiger partial charge in [0.25, 0.3) is 0 Å². The largest absolute Gasteiger partial charge is 0.464 e. The molecule has 0 saturated carbocycles. The van der Waals surface area contributed by atoms with Gasteiger partial charge in [0.05, 0.1) is 17.0 Å². The lowest BCUT2D eigenvalue weighted by Crippen LogP contribution is -2.54. The second kappa shape index (κ2) is 7.48. The molecule has 0 N–H and O–H groups in total. The number of esters is 1. The van der Waals surface area contributed by atoms with E-state index in [9.17, 15) is 18.0 Å². The first-order valence-electron chi connectivity index (χ1n) is 9.50. The molecular weight excluding hydrogens is 393 g/mol. The summed E-state index contributed by atoms with van der Waals surface area (Å²) in [6.07, 6.45) is 1.38. The van der Waals surface area contributed by atoms with E-state index >= 15 is 0 Å². The van der Waals surface area contributed by atoms with Gasteiger partial charge in [0.2, 0.25) is 0 Å². The minimum absolute atomic E-state index is 0.123. The highest BCUT2D eigenvalue weighted by Crippen LogP contribution is 2.48. The van der Waals surface area contributed by atoms with Crippen molar-refractivity contribution < 1.29 is 22.7 Å². The summed E-state index contributed by atoms with van der Waals surface area (Å²) in [6.45, 7) is 4.56. The zero-order valence-corrected chi connectivity index (χ0v) is 17.1. The van der Waals surface area contributed by atoms with E-state index in [1.54, 1.807) is 37.9 Å². The van der Waals surface area contributed by atoms with Crippen LogP contribution in [0.25, 0.3) is 0 Å². The van der Waals surface area contributed by atoms with Gasteiger partial charge in [-0.1, -0.05) is 11.6 Å². The molecule has 0 amide bonds. The maximum Gasteiger partial charge on any atom is 0.401 e. The van der Waals surface area contributed by atoms with Crippen LogP contribution in [0.1, 0.15) is 52.0 Å². The normalized spacial score (nSPS) is 28.4. The molecule has 2 aliphatic heterocycles. The third kappa shape index (κ3) is 4.62. The summed E-state index contributed by atoms with van der Waals surface area (Å²) in [7, 11) is 0. The van der Waals surface area contributed by atoms with Crippen LogP contribution in [-0.4, -0.2) is 47.3 Å². The van der Waals surface area contributed by atoms with Gasteiger partial charge in [0.1, 0.15) is 6.61 Å². The highest BCUT2D eigenvalue weighted by molar-refractivity contribution is 6.30. The van der Waals surface area contributed by atoms with Gasteiger partial charge in [-0.2, -0.15) is 13.2 Å². The molecule has 3 rings (SSSR count). The van der Waals surface area contributed by atoms with Crippen molar-refractivity contribution in [3.05, 3.63) is 29.0 Å². The molecule has 2 unspecified atom stereocenters. The third-order valence-corrected chi connectivity index (χ3v) is 6.00. The Kier molecular flexibility index (Phi) is 5.71. The fraction of sp³-hybridized carbons (Fsp3) is 0.700. The maximum absolute atomic E-state index is 13.0. The SMILES string of the molecule is CC(C)(C)C(=O)OCC1(c2cncc(Cl)c2)CC2CCC(C1)N2CC(F)(F)F. The summed E-state index contributed by atoms with van der Waals surface area (Å²) in [5.74, 6) is -0.327. The lowest BCUT2D eigenvalue weighted by Gasteiger charge is -2.46. The van der Waals surface area contributed by atoms with Crippen LogP contribution in [0, 0.1) is 5.41 Å². The van der Waals surface area contributed by atoms with Crippen LogP contribution in [0.4, 0.5) is 13.2 Å². The fourth-order valence-electron chi connectivity index (χ4n) is 4.46. The summed E-state index contributed by atoms with van der Waals surface area (Å²) in [6, 6.07) is 1.39. The number of carbonyl (C=O) groups is 1. The molecule has 0 aliphatic carbocycles. The van der Waals surface area contributed by atoms with Crippen molar-refractivity contribution in [3.63, 3.8) is 0 Å². The number of hydrogen-bond acceptors (Lipinski definition) is 4. The molecule has 2 aliphatic rings. The third-order valence-electron chi connectivity index (χ3n) is 5.79. The van der Waals surface area contributed by atoms with Gasteiger partial charge in [-0.15, -0.1) is 0 Å². The van der Waals surface area contributed by atoms with Crippen LogP contribution in [0.5, 0.6) is 0 Å². The van der Waals surface area contributed by atoms with Crippen LogP contribution in [0.2, 0.25) is 5.02 Å². The first-order valence-corrected chi connectivity index (χ1v) is 9.88. The number of nitrogens with zero attached hydrogens (tertiary/aromatic N) is 2. The predicted molar refractivity (Wildman–Crippen MR) is 100 cm³/mol. The summed E-state index contributed by atoms with van der Waals surface area (Å²) in [5.41, 5.74) is -0.401. The lowest BCUT2D eigenvalue weighted by molar-refractivity contribution is -0.162. The summed E-state index contributed by atoms with van der Waals surface area (Å²) < 4.78 is 44.7. The molecule has 2 fully saturated rings. The number of halogens is 4. The molecule has 1 aromatic rings. The van der Waals surface area contributed by atoms with Crippen molar-refractivity contribution in [2.75, 3.05) is 13.2 Å². The summed E-state index contributed by atoms with van der Waals surface area (Å²) >= 11 is 6.14. The number of piperidine rings is 1. The second-order valence-corrected chi connectivity index (χ2v) is 9.52. The molecule has 0 aromatic carbocycles. The lowest BCUT2D eigenvalue weighted by atomic mass is 9.71. The Morgan fingerprint density at radius 1 is 1.25 bits per heavy atom. The van der Waals surface area contributed by atoms with Crippen molar-refractivity contribution in [1.29, 1.82) is 0 Å². The number of rotatable bonds is 4. The van der Waals surface area contributed by atoms with E-state index in [-0.39, 0.29) is 24.7 Å². The molecule has 4 nitrogen and oxygen atoms in total. The molecule has 0 radical (unpaired) electrons. The first kappa shape index (κ1) is 21.4. The van der Waals surface area contributed by atoms with Gasteiger partial charge in [-0.3, -0.25) is 14.7 Å². The van der Waals surface area contributed by atoms with Crippen LogP contribution in [-0.2, 0) is 14.9 Å². The van der Waals surface area contributed by atoms with Crippen molar-refractivity contribution >= 4 is 17.6 Å². The highest BCUT2D eigenvalue weighted by Gasteiger charge is 2.52. The molecular formula is C20H26ClF3N2O2. The van der Waals surface area contributed by atoms with Crippen LogP contribution in [0.15, 0.2) is 18.5 Å². The number of hydrogen-bond donors (Lipinski definition) is 0. The Morgan fingerprint density at radius 2 is 1.86 bits per heavy atom. The Hall–Kier alpha value is -1.34. The van der Waals surface area contributed by atoms with Crippen molar-refractivity contribution in [2.45, 2.75) is 70.1 Å². The Balaban J connectivity index is 1.88. The molecule has 2 atom stereocenters. The topological polar surface area (TPSA) is 42.4 Å². The quantitative estimate of drug-likeness (QED) is 0.662. The highest BCUT2D eigenvalue weighted by atomic mass is 35.5. The van der Waals surface area contributed by atoms with Gasteiger partial charge in [-0.05, 0) is 58.1 Å². The van der Waals surface area contributed by atoms with Crippen LogP contribution < -0.4 is 0 Å². The standard InChI is InChI=1S/C20H26ClF3N2O2/c1-18(2,3)17(27)28-12-19(13-6-14(21)10-25-9-13)7-15-4-5-16(8-19)26(15)11-20(22,23)24/h6,9-10,15-16H,4-5,7-8,11-12H2,1-3H3. The monoisotopic (exact) mass is 418 g/mol. The molecule has 8 heteroatoms. The van der Waals surface area contributed by atoms with Crippen molar-refractivity contribution in [3.8, 4) is 0 Å². The minimum atomic E-state index is -4.23. The molecule has 28 heavy (non-hydrogen) atoms. The van der Waals surface area contributed by atoms with Gasteiger partial charge in [-0.25, -0.2) is 0 Å². The zero-order chi connectivity index (χ0) is 20.7.